The first-order valence-electron chi connectivity index (χ1n) is 15.4. The number of rotatable bonds is 9. The number of halogens is 1. The number of aromatic nitrogens is 3. The maximum absolute atomic E-state index is 12.9. The van der Waals surface area contributed by atoms with E-state index in [0.29, 0.717) is 41.2 Å². The molecule has 0 fully saturated rings. The molecule has 17 heteroatoms. The molecular weight excluding hydrogens is 738 g/mol. The smallest absolute Gasteiger partial charge is 0.263 e. The summed E-state index contributed by atoms with van der Waals surface area (Å²) in [6, 6.07) is 17.7. The number of aryl methyl sites for hydroxylation is 1. The van der Waals surface area contributed by atoms with Crippen molar-refractivity contribution in [3.05, 3.63) is 106 Å². The molecule has 0 saturated carbocycles. The molecule has 5 heterocycles. The van der Waals surface area contributed by atoms with Crippen molar-refractivity contribution in [2.45, 2.75) is 35.6 Å². The fourth-order valence-corrected chi connectivity index (χ4v) is 9.72. The molecule has 0 atom stereocenters. The van der Waals surface area contributed by atoms with Gasteiger partial charge in [0.2, 0.25) is 5.91 Å². The third kappa shape index (κ3) is 7.34. The average Bonchev–Trinajstić information content (AvgIpc) is 3.94. The summed E-state index contributed by atoms with van der Waals surface area (Å²) in [7, 11) is -7.26. The lowest BCUT2D eigenvalue weighted by Gasteiger charge is -2.18. The van der Waals surface area contributed by atoms with E-state index in [1.54, 1.807) is 58.4 Å². The van der Waals surface area contributed by atoms with Crippen LogP contribution in [0, 0.1) is 0 Å². The predicted molar refractivity (Wildman–Crippen MR) is 199 cm³/mol. The van der Waals surface area contributed by atoms with Crippen LogP contribution in [-0.4, -0.2) is 50.4 Å². The molecule has 3 aromatic carbocycles. The molecule has 6 aromatic rings. The number of fused-ring (bicyclic) bond motifs is 3. The normalized spacial score (nSPS) is 13.7. The molecule has 0 radical (unpaired) electrons. The Bertz CT molecular complexity index is 2400. The molecule has 8 rings (SSSR count). The van der Waals surface area contributed by atoms with Gasteiger partial charge in [0.15, 0.2) is 10.3 Å². The summed E-state index contributed by atoms with van der Waals surface area (Å²) in [6.45, 7) is 1.96. The summed E-state index contributed by atoms with van der Waals surface area (Å²) in [5, 5.41) is 9.06. The second-order valence-electron chi connectivity index (χ2n) is 11.4. The largest absolute Gasteiger partial charge is 0.384 e. The quantitative estimate of drug-likeness (QED) is 0.152. The van der Waals surface area contributed by atoms with Gasteiger partial charge in [-0.3, -0.25) is 14.2 Å². The first-order valence-corrected chi connectivity index (χ1v) is 20.6. The van der Waals surface area contributed by atoms with Gasteiger partial charge in [0.1, 0.15) is 0 Å². The minimum atomic E-state index is -3.72. The zero-order valence-electron chi connectivity index (χ0n) is 26.2. The van der Waals surface area contributed by atoms with Crippen molar-refractivity contribution < 1.29 is 21.6 Å². The van der Waals surface area contributed by atoms with Crippen molar-refractivity contribution in [1.82, 2.24) is 14.5 Å². The number of carbonyl (C=O) groups excluding carboxylic acids is 1. The zero-order chi connectivity index (χ0) is 34.9. The minimum Gasteiger partial charge on any atom is -0.384 e. The monoisotopic (exact) mass is 767 g/mol. The van der Waals surface area contributed by atoms with Crippen molar-refractivity contribution in [2.75, 3.05) is 32.8 Å². The first kappa shape index (κ1) is 34.0. The van der Waals surface area contributed by atoms with Crippen LogP contribution in [0.5, 0.6) is 0 Å². The number of nitrogens with one attached hydrogen (secondary N) is 3. The lowest BCUT2D eigenvalue weighted by molar-refractivity contribution is -0.118. The van der Waals surface area contributed by atoms with E-state index in [1.807, 2.05) is 35.0 Å². The molecule has 0 aliphatic carbocycles. The number of carbonyl (C=O) groups is 1. The second-order valence-corrected chi connectivity index (χ2v) is 17.0. The van der Waals surface area contributed by atoms with E-state index in [2.05, 4.69) is 24.7 Å². The van der Waals surface area contributed by atoms with E-state index in [9.17, 15) is 21.6 Å². The van der Waals surface area contributed by atoms with Crippen LogP contribution < -0.4 is 19.7 Å². The van der Waals surface area contributed by atoms with Gasteiger partial charge in [-0.25, -0.2) is 26.8 Å². The van der Waals surface area contributed by atoms with Crippen molar-refractivity contribution in [1.29, 1.82) is 0 Å². The van der Waals surface area contributed by atoms with Crippen LogP contribution in [0.1, 0.15) is 17.5 Å². The molecule has 258 valence electrons. The Balaban J connectivity index is 0.000000184. The van der Waals surface area contributed by atoms with Crippen molar-refractivity contribution >= 4 is 92.8 Å². The lowest BCUT2D eigenvalue weighted by Crippen LogP contribution is -2.29. The number of hydrogen-bond acceptors (Lipinski definition) is 10. The third-order valence-electron chi connectivity index (χ3n) is 8.26. The fourth-order valence-electron chi connectivity index (χ4n) is 5.87. The van der Waals surface area contributed by atoms with E-state index < -0.39 is 20.0 Å². The summed E-state index contributed by atoms with van der Waals surface area (Å²) in [5.74, 6) is 0.0103. The van der Waals surface area contributed by atoms with Gasteiger partial charge in [0.25, 0.3) is 20.0 Å². The van der Waals surface area contributed by atoms with Gasteiger partial charge < -0.3 is 14.8 Å². The molecule has 2 aliphatic rings. The number of thiazole rings is 2. The van der Waals surface area contributed by atoms with Crippen LogP contribution in [0.2, 0.25) is 5.02 Å². The first-order chi connectivity index (χ1) is 24.1. The molecule has 3 N–H and O–H groups in total. The third-order valence-corrected chi connectivity index (χ3v) is 12.8. The molecule has 12 nitrogen and oxygen atoms in total. The summed E-state index contributed by atoms with van der Waals surface area (Å²) < 4.78 is 56.5. The number of hydrogen-bond donors (Lipinski definition) is 3. The van der Waals surface area contributed by atoms with Gasteiger partial charge >= 0.3 is 0 Å². The standard InChI is InChI=1S/C22H19ClN4O3S2.C11H11N3O2S2/c23-17-1-3-19-15(13-17)5-9-26(19)10-7-21(28)27-11-6-16-14-18(2-4-20(16)27)32(29,30)25-22-24-8-12-31-22;15-18(16,14-11-13-5-6-17-11)9-1-2-10-8(7-9)3-4-12-10/h1-5,8-9,12-14H,6-7,10-11H2,(H,24,25);1-2,5-7,12H,3-4H2,(H,13,14). The lowest BCUT2D eigenvalue weighted by atomic mass is 10.2. The highest BCUT2D eigenvalue weighted by molar-refractivity contribution is 7.93. The Hall–Kier alpha value is -4.48. The van der Waals surface area contributed by atoms with Crippen LogP contribution >= 0.6 is 34.3 Å². The van der Waals surface area contributed by atoms with Crippen LogP contribution in [0.25, 0.3) is 10.9 Å². The van der Waals surface area contributed by atoms with Crippen molar-refractivity contribution in [3.8, 4) is 0 Å². The van der Waals surface area contributed by atoms with Gasteiger partial charge in [-0.2, -0.15) is 0 Å². The Morgan fingerprint density at radius 3 is 2.20 bits per heavy atom. The fraction of sp³-hybridized carbons (Fsp3) is 0.182. The topological polar surface area (TPSA) is 155 Å². The predicted octanol–water partition coefficient (Wildman–Crippen LogP) is 6.44. The molecule has 0 spiro atoms. The van der Waals surface area contributed by atoms with Crippen LogP contribution in [0.4, 0.5) is 21.6 Å². The van der Waals surface area contributed by atoms with Crippen LogP contribution in [0.15, 0.2) is 99.8 Å². The van der Waals surface area contributed by atoms with Gasteiger partial charge in [0.05, 0.1) is 9.79 Å². The van der Waals surface area contributed by atoms with Crippen LogP contribution in [-0.2, 0) is 44.2 Å². The highest BCUT2D eigenvalue weighted by Gasteiger charge is 2.27. The minimum absolute atomic E-state index is 0.0103. The van der Waals surface area contributed by atoms with Crippen LogP contribution in [0.3, 0.4) is 0 Å². The maximum atomic E-state index is 12.9. The molecule has 1 amide bonds. The highest BCUT2D eigenvalue weighted by atomic mass is 35.5. The number of anilines is 4. The Morgan fingerprint density at radius 1 is 0.840 bits per heavy atom. The Labute approximate surface area is 301 Å². The molecule has 0 bridgehead atoms. The van der Waals surface area contributed by atoms with E-state index >= 15 is 0 Å². The van der Waals surface area contributed by atoms with Gasteiger partial charge in [-0.15, -0.1) is 22.7 Å². The molecule has 0 saturated heterocycles. The Morgan fingerprint density at radius 2 is 1.52 bits per heavy atom. The van der Waals surface area contributed by atoms with Crippen molar-refractivity contribution in [2.24, 2.45) is 0 Å². The molecular formula is C33H30ClN7O5S4. The van der Waals surface area contributed by atoms with Gasteiger partial charge in [0, 0.05) is 82.7 Å². The zero-order valence-corrected chi connectivity index (χ0v) is 30.3. The maximum Gasteiger partial charge on any atom is 0.263 e. The molecule has 2 aliphatic heterocycles. The van der Waals surface area contributed by atoms with Gasteiger partial charge in [-0.05, 0) is 84.6 Å². The average molecular weight is 768 g/mol. The Kier molecular flexibility index (Phi) is 9.54. The van der Waals surface area contributed by atoms with Crippen molar-refractivity contribution in [3.63, 3.8) is 0 Å². The number of benzene rings is 3. The van der Waals surface area contributed by atoms with E-state index in [1.165, 1.54) is 28.7 Å². The number of nitrogens with zero attached hydrogens (tertiary/aromatic N) is 4. The van der Waals surface area contributed by atoms with E-state index in [-0.39, 0.29) is 15.7 Å². The van der Waals surface area contributed by atoms with E-state index in [4.69, 9.17) is 11.6 Å². The summed E-state index contributed by atoms with van der Waals surface area (Å²) in [4.78, 5) is 23.0. The second kappa shape index (κ2) is 14.0. The summed E-state index contributed by atoms with van der Waals surface area (Å²) in [6.07, 6.45) is 6.88. The summed E-state index contributed by atoms with van der Waals surface area (Å²) in [5.41, 5.74) is 4.71. The molecule has 3 aromatic heterocycles. The van der Waals surface area contributed by atoms with Gasteiger partial charge in [-0.1, -0.05) is 11.6 Å². The molecule has 50 heavy (non-hydrogen) atoms. The van der Waals surface area contributed by atoms with E-state index in [0.717, 1.165) is 46.4 Å². The SMILES string of the molecule is O=C(CCn1ccc2cc(Cl)ccc21)N1CCc2cc(S(=O)(=O)Nc3nccs3)ccc21.O=S(=O)(Nc1nccs1)c1ccc2c(c1)CCN2. The number of amides is 1. The summed E-state index contributed by atoms with van der Waals surface area (Å²) >= 11 is 8.52. The number of sulfonamides is 2. The molecule has 0 unspecified atom stereocenters. The highest BCUT2D eigenvalue weighted by Crippen LogP contribution is 2.32.